The molecule has 2 aromatic heterocycles. The Bertz CT molecular complexity index is 1280. The molecule has 28 heavy (non-hydrogen) atoms. The van der Waals surface area contributed by atoms with E-state index in [1.807, 2.05) is 54.6 Å². The van der Waals surface area contributed by atoms with E-state index in [1.165, 1.54) is 4.70 Å². The number of benzene rings is 3. The van der Waals surface area contributed by atoms with Gasteiger partial charge in [-0.3, -0.25) is 0 Å². The maximum absolute atomic E-state index is 9.38. The molecule has 3 aromatic carbocycles. The first-order valence-electron chi connectivity index (χ1n) is 8.92. The third-order valence-electron chi connectivity index (χ3n) is 4.73. The fraction of sp³-hybridized carbons (Fsp3) is 0. The number of aromatic nitrogens is 2. The molecular weight excluding hydrogens is 367 g/mol. The van der Waals surface area contributed by atoms with E-state index in [0.29, 0.717) is 11.3 Å². The molecule has 2 N–H and O–H groups in total. The largest absolute Gasteiger partial charge is 0.488 e. The molecule has 0 saturated heterocycles. The molecule has 0 fully saturated rings. The Kier molecular flexibility index (Phi) is 4.17. The summed E-state index contributed by atoms with van der Waals surface area (Å²) in [4.78, 5) is 9.77. The number of nitrogens with zero attached hydrogens (tertiary/aromatic N) is 2. The predicted octanol–water partition coefficient (Wildman–Crippen LogP) is 3.86. The van der Waals surface area contributed by atoms with E-state index in [2.05, 4.69) is 12.1 Å². The van der Waals surface area contributed by atoms with Crippen LogP contribution in [0.3, 0.4) is 0 Å². The minimum Gasteiger partial charge on any atom is -0.423 e. The second kappa shape index (κ2) is 6.84. The molecule has 2 heterocycles. The van der Waals surface area contributed by atoms with Gasteiger partial charge in [-0.15, -0.1) is 11.3 Å². The van der Waals surface area contributed by atoms with Crippen molar-refractivity contribution in [2.75, 3.05) is 0 Å². The first-order chi connectivity index (χ1) is 13.7. The summed E-state index contributed by atoms with van der Waals surface area (Å²) in [6.45, 7) is 0. The molecule has 6 heteroatoms. The standard InChI is InChI=1S/C22H15BN2O2S/c26-23(27)16-12-10-14(11-13-16)19-21-20(17-8-4-5-9-18(17)28-21)25-22(24-19)15-6-2-1-3-7-15/h1-13,26-27H. The van der Waals surface area contributed by atoms with Gasteiger partial charge in [-0.2, -0.15) is 0 Å². The van der Waals surface area contributed by atoms with Gasteiger partial charge in [0.1, 0.15) is 0 Å². The van der Waals surface area contributed by atoms with Crippen molar-refractivity contribution < 1.29 is 10.0 Å². The smallest absolute Gasteiger partial charge is 0.423 e. The van der Waals surface area contributed by atoms with Crippen LogP contribution in [0.25, 0.3) is 42.9 Å². The summed E-state index contributed by atoms with van der Waals surface area (Å²) in [6.07, 6.45) is 0. The predicted molar refractivity (Wildman–Crippen MR) is 116 cm³/mol. The Morgan fingerprint density at radius 2 is 1.43 bits per heavy atom. The lowest BCUT2D eigenvalue weighted by molar-refractivity contribution is 0.426. The van der Waals surface area contributed by atoms with Crippen LogP contribution in [0, 0.1) is 0 Å². The topological polar surface area (TPSA) is 66.2 Å². The summed E-state index contributed by atoms with van der Waals surface area (Å²) >= 11 is 1.67. The second-order valence-electron chi connectivity index (χ2n) is 6.53. The third kappa shape index (κ3) is 2.88. The zero-order valence-corrected chi connectivity index (χ0v) is 15.6. The van der Waals surface area contributed by atoms with E-state index in [-0.39, 0.29) is 0 Å². The summed E-state index contributed by atoms with van der Waals surface area (Å²) in [5, 5.41) is 19.9. The van der Waals surface area contributed by atoms with Crippen molar-refractivity contribution in [2.45, 2.75) is 0 Å². The van der Waals surface area contributed by atoms with Crippen LogP contribution in [0.1, 0.15) is 0 Å². The lowest BCUT2D eigenvalue weighted by Gasteiger charge is -2.08. The van der Waals surface area contributed by atoms with Crippen molar-refractivity contribution in [3.63, 3.8) is 0 Å². The van der Waals surface area contributed by atoms with Crippen LogP contribution < -0.4 is 5.46 Å². The lowest BCUT2D eigenvalue weighted by Crippen LogP contribution is -2.29. The van der Waals surface area contributed by atoms with Crippen LogP contribution in [0.2, 0.25) is 0 Å². The van der Waals surface area contributed by atoms with Gasteiger partial charge in [0.25, 0.3) is 0 Å². The van der Waals surface area contributed by atoms with E-state index >= 15 is 0 Å². The van der Waals surface area contributed by atoms with E-state index in [4.69, 9.17) is 9.97 Å². The van der Waals surface area contributed by atoms with Crippen LogP contribution in [-0.4, -0.2) is 27.1 Å². The van der Waals surface area contributed by atoms with Crippen molar-refractivity contribution in [2.24, 2.45) is 0 Å². The number of thiophene rings is 1. The molecular formula is C22H15BN2O2S. The van der Waals surface area contributed by atoms with Gasteiger partial charge in [-0.05, 0) is 11.5 Å². The first kappa shape index (κ1) is 17.1. The second-order valence-corrected chi connectivity index (χ2v) is 7.59. The lowest BCUT2D eigenvalue weighted by atomic mass is 9.80. The quantitative estimate of drug-likeness (QED) is 0.465. The van der Waals surface area contributed by atoms with Crippen LogP contribution in [0.15, 0.2) is 78.9 Å². The molecule has 0 atom stereocenters. The van der Waals surface area contributed by atoms with Crippen LogP contribution in [0.4, 0.5) is 0 Å². The Hall–Kier alpha value is -3.06. The monoisotopic (exact) mass is 382 g/mol. The van der Waals surface area contributed by atoms with Crippen molar-refractivity contribution in [1.29, 1.82) is 0 Å². The zero-order valence-electron chi connectivity index (χ0n) is 14.8. The number of fused-ring (bicyclic) bond motifs is 3. The number of hydrogen-bond donors (Lipinski definition) is 2. The highest BCUT2D eigenvalue weighted by atomic mass is 32.1. The minimum atomic E-state index is -1.48. The van der Waals surface area contributed by atoms with E-state index in [9.17, 15) is 10.0 Å². The summed E-state index contributed by atoms with van der Waals surface area (Å²) in [5.41, 5.74) is 4.12. The number of hydrogen-bond acceptors (Lipinski definition) is 5. The van der Waals surface area contributed by atoms with Gasteiger partial charge in [0.05, 0.1) is 15.9 Å². The normalized spacial score (nSPS) is 11.2. The van der Waals surface area contributed by atoms with Crippen molar-refractivity contribution in [1.82, 2.24) is 9.97 Å². The molecule has 0 amide bonds. The molecule has 0 bridgehead atoms. The molecule has 5 rings (SSSR count). The fourth-order valence-corrected chi connectivity index (χ4v) is 4.47. The molecule has 0 saturated carbocycles. The average molecular weight is 382 g/mol. The molecule has 0 aliphatic rings. The minimum absolute atomic E-state index is 0.452. The SMILES string of the molecule is OB(O)c1ccc(-c2nc(-c3ccccc3)nc3c2sc2ccccc23)cc1. The Morgan fingerprint density at radius 1 is 0.714 bits per heavy atom. The third-order valence-corrected chi connectivity index (χ3v) is 5.90. The summed E-state index contributed by atoms with van der Waals surface area (Å²) in [7, 11) is -1.48. The van der Waals surface area contributed by atoms with Crippen LogP contribution in [0.5, 0.6) is 0 Å². The Balaban J connectivity index is 1.81. The highest BCUT2D eigenvalue weighted by molar-refractivity contribution is 7.26. The molecule has 5 aromatic rings. The fourth-order valence-electron chi connectivity index (χ4n) is 3.32. The van der Waals surface area contributed by atoms with Gasteiger partial charge in [0.15, 0.2) is 5.82 Å². The van der Waals surface area contributed by atoms with Crippen molar-refractivity contribution in [3.8, 4) is 22.6 Å². The highest BCUT2D eigenvalue weighted by Crippen LogP contribution is 2.38. The molecule has 0 aliphatic heterocycles. The Morgan fingerprint density at radius 3 is 2.18 bits per heavy atom. The van der Waals surface area contributed by atoms with Crippen molar-refractivity contribution in [3.05, 3.63) is 78.9 Å². The summed E-state index contributed by atoms with van der Waals surface area (Å²) in [5.74, 6) is 0.679. The first-order valence-corrected chi connectivity index (χ1v) is 9.73. The maximum Gasteiger partial charge on any atom is 0.488 e. The number of rotatable bonds is 3. The van der Waals surface area contributed by atoms with E-state index in [0.717, 1.165) is 32.4 Å². The maximum atomic E-state index is 9.38. The molecule has 4 nitrogen and oxygen atoms in total. The van der Waals surface area contributed by atoms with Gasteiger partial charge >= 0.3 is 7.12 Å². The summed E-state index contributed by atoms with van der Waals surface area (Å²) < 4.78 is 2.19. The highest BCUT2D eigenvalue weighted by Gasteiger charge is 2.17. The average Bonchev–Trinajstić information content (AvgIpc) is 3.12. The van der Waals surface area contributed by atoms with Crippen molar-refractivity contribution >= 4 is 44.2 Å². The van der Waals surface area contributed by atoms with Gasteiger partial charge in [0.2, 0.25) is 0 Å². The molecule has 0 aliphatic carbocycles. The van der Waals surface area contributed by atoms with Gasteiger partial charge in [0, 0.05) is 21.2 Å². The summed E-state index contributed by atoms with van der Waals surface area (Å²) in [6, 6.07) is 25.3. The van der Waals surface area contributed by atoms with Gasteiger partial charge < -0.3 is 10.0 Å². The van der Waals surface area contributed by atoms with Crippen LogP contribution >= 0.6 is 11.3 Å². The molecule has 0 unspecified atom stereocenters. The van der Waals surface area contributed by atoms with E-state index in [1.54, 1.807) is 23.5 Å². The van der Waals surface area contributed by atoms with Gasteiger partial charge in [-0.1, -0.05) is 72.8 Å². The van der Waals surface area contributed by atoms with E-state index < -0.39 is 7.12 Å². The van der Waals surface area contributed by atoms with Crippen LogP contribution in [-0.2, 0) is 0 Å². The zero-order chi connectivity index (χ0) is 19.1. The molecule has 0 spiro atoms. The van der Waals surface area contributed by atoms with Gasteiger partial charge in [-0.25, -0.2) is 9.97 Å². The Labute approximate surface area is 165 Å². The molecule has 0 radical (unpaired) electrons. The molecule has 134 valence electrons.